The second-order valence-electron chi connectivity index (χ2n) is 5.47. The number of carbonyl (C=O) groups is 1. The van der Waals surface area contributed by atoms with Crippen molar-refractivity contribution in [3.05, 3.63) is 18.2 Å². The summed E-state index contributed by atoms with van der Waals surface area (Å²) in [7, 11) is 0. The number of nitrogens with one attached hydrogen (secondary N) is 1. The number of nitrogens with two attached hydrogens (primary N) is 1. The molecule has 1 amide bonds. The monoisotopic (exact) mass is 307 g/mol. The van der Waals surface area contributed by atoms with E-state index in [-0.39, 0.29) is 18.0 Å². The lowest BCUT2D eigenvalue weighted by Crippen LogP contribution is -2.49. The summed E-state index contributed by atoms with van der Waals surface area (Å²) in [4.78, 5) is 15.8. The third-order valence-electron chi connectivity index (χ3n) is 4.06. The van der Waals surface area contributed by atoms with Crippen molar-refractivity contribution in [3.63, 3.8) is 0 Å². The number of thioether (sulfide) groups is 1. The van der Waals surface area contributed by atoms with Gasteiger partial charge in [0.05, 0.1) is 5.69 Å². The average Bonchev–Trinajstić information content (AvgIpc) is 2.50. The Hall–Kier alpha value is -1.36. The van der Waals surface area contributed by atoms with Gasteiger partial charge in [0.2, 0.25) is 5.91 Å². The van der Waals surface area contributed by atoms with Crippen molar-refractivity contribution in [2.45, 2.75) is 50.6 Å². The molecule has 1 aromatic rings. The van der Waals surface area contributed by atoms with E-state index in [0.717, 1.165) is 36.5 Å². The second kappa shape index (κ2) is 7.07. The Morgan fingerprint density at radius 2 is 2.14 bits per heavy atom. The number of amides is 1. The Balaban J connectivity index is 2.15. The molecule has 0 spiro atoms. The first-order valence-electron chi connectivity index (χ1n) is 7.66. The van der Waals surface area contributed by atoms with Crippen LogP contribution in [0.4, 0.5) is 11.4 Å². The molecular formula is C16H25N3OS. The highest BCUT2D eigenvalue weighted by atomic mass is 32.2. The van der Waals surface area contributed by atoms with Gasteiger partial charge in [-0.25, -0.2) is 0 Å². The molecule has 0 saturated heterocycles. The summed E-state index contributed by atoms with van der Waals surface area (Å²) in [5, 5.41) is 3.14. The van der Waals surface area contributed by atoms with Gasteiger partial charge in [0.15, 0.2) is 0 Å². The van der Waals surface area contributed by atoms with Crippen molar-refractivity contribution in [2.75, 3.05) is 22.9 Å². The van der Waals surface area contributed by atoms with Gasteiger partial charge in [-0.1, -0.05) is 13.8 Å². The maximum Gasteiger partial charge on any atom is 0.242 e. The average molecular weight is 307 g/mol. The minimum Gasteiger partial charge on any atom is -0.399 e. The highest BCUT2D eigenvalue weighted by Gasteiger charge is 2.27. The van der Waals surface area contributed by atoms with Crippen molar-refractivity contribution in [1.82, 2.24) is 5.32 Å². The van der Waals surface area contributed by atoms with Crippen LogP contribution in [0.25, 0.3) is 0 Å². The molecule has 1 unspecified atom stereocenters. The number of anilines is 2. The minimum atomic E-state index is -0.174. The van der Waals surface area contributed by atoms with Gasteiger partial charge in [0, 0.05) is 28.9 Å². The topological polar surface area (TPSA) is 58.4 Å². The summed E-state index contributed by atoms with van der Waals surface area (Å²) < 4.78 is 0. The molecule has 1 heterocycles. The van der Waals surface area contributed by atoms with Crippen LogP contribution in [0, 0.1) is 0 Å². The van der Waals surface area contributed by atoms with Crippen LogP contribution in [0.2, 0.25) is 0 Å². The van der Waals surface area contributed by atoms with E-state index in [0.29, 0.717) is 0 Å². The quantitative estimate of drug-likeness (QED) is 0.821. The molecule has 0 saturated carbocycles. The molecule has 2 rings (SSSR count). The Labute approximate surface area is 131 Å². The largest absolute Gasteiger partial charge is 0.399 e. The lowest BCUT2D eigenvalue weighted by Gasteiger charge is -2.35. The molecule has 0 aliphatic carbocycles. The fourth-order valence-electron chi connectivity index (χ4n) is 2.61. The highest BCUT2D eigenvalue weighted by molar-refractivity contribution is 7.99. The lowest BCUT2D eigenvalue weighted by atomic mass is 10.1. The summed E-state index contributed by atoms with van der Waals surface area (Å²) in [6.45, 7) is 7.05. The van der Waals surface area contributed by atoms with E-state index in [1.807, 2.05) is 36.9 Å². The van der Waals surface area contributed by atoms with Gasteiger partial charge in [0.25, 0.3) is 0 Å². The van der Waals surface area contributed by atoms with Gasteiger partial charge in [-0.3, -0.25) is 4.79 Å². The van der Waals surface area contributed by atoms with E-state index < -0.39 is 0 Å². The van der Waals surface area contributed by atoms with Gasteiger partial charge in [-0.2, -0.15) is 0 Å². The van der Waals surface area contributed by atoms with Crippen molar-refractivity contribution >= 4 is 29.0 Å². The molecule has 3 N–H and O–H groups in total. The Bertz CT molecular complexity index is 502. The number of benzene rings is 1. The van der Waals surface area contributed by atoms with E-state index in [1.165, 1.54) is 4.90 Å². The van der Waals surface area contributed by atoms with Gasteiger partial charge in [-0.05, 0) is 38.0 Å². The maximum absolute atomic E-state index is 12.5. The van der Waals surface area contributed by atoms with Crippen molar-refractivity contribution in [1.29, 1.82) is 0 Å². The van der Waals surface area contributed by atoms with Gasteiger partial charge in [0.1, 0.15) is 6.04 Å². The molecular weight excluding hydrogens is 282 g/mol. The molecule has 0 radical (unpaired) electrons. The first-order chi connectivity index (χ1) is 10.1. The van der Waals surface area contributed by atoms with Gasteiger partial charge < -0.3 is 16.0 Å². The molecule has 5 heteroatoms. The first kappa shape index (κ1) is 16.0. The molecule has 0 fully saturated rings. The summed E-state index contributed by atoms with van der Waals surface area (Å²) in [6, 6.07) is 6.03. The zero-order valence-corrected chi connectivity index (χ0v) is 13.9. The fourth-order valence-corrected chi connectivity index (χ4v) is 3.61. The molecule has 1 aliphatic heterocycles. The molecule has 4 nitrogen and oxygen atoms in total. The predicted molar refractivity (Wildman–Crippen MR) is 90.9 cm³/mol. The van der Waals surface area contributed by atoms with Crippen LogP contribution in [-0.2, 0) is 4.79 Å². The number of hydrogen-bond donors (Lipinski definition) is 2. The van der Waals surface area contributed by atoms with Gasteiger partial charge >= 0.3 is 0 Å². The third kappa shape index (κ3) is 3.64. The molecule has 0 aromatic heterocycles. The van der Waals surface area contributed by atoms with Crippen LogP contribution in [-0.4, -0.2) is 30.3 Å². The smallest absolute Gasteiger partial charge is 0.242 e. The molecule has 116 valence electrons. The Morgan fingerprint density at radius 1 is 1.43 bits per heavy atom. The lowest BCUT2D eigenvalue weighted by molar-refractivity contribution is -0.122. The number of hydrogen-bond acceptors (Lipinski definition) is 4. The van der Waals surface area contributed by atoms with E-state index in [4.69, 9.17) is 5.73 Å². The molecule has 0 bridgehead atoms. The zero-order chi connectivity index (χ0) is 15.4. The Morgan fingerprint density at radius 3 is 2.81 bits per heavy atom. The summed E-state index contributed by atoms with van der Waals surface area (Å²) >= 11 is 1.82. The van der Waals surface area contributed by atoms with Crippen molar-refractivity contribution in [2.24, 2.45) is 0 Å². The van der Waals surface area contributed by atoms with Crippen LogP contribution in [0.15, 0.2) is 23.1 Å². The van der Waals surface area contributed by atoms with Crippen molar-refractivity contribution < 1.29 is 4.79 Å². The summed E-state index contributed by atoms with van der Waals surface area (Å²) in [5.74, 6) is 1.10. The van der Waals surface area contributed by atoms with E-state index in [2.05, 4.69) is 24.1 Å². The first-order valence-corrected chi connectivity index (χ1v) is 8.64. The van der Waals surface area contributed by atoms with Crippen LogP contribution in [0.3, 0.4) is 0 Å². The molecule has 1 aromatic carbocycles. The number of carbonyl (C=O) groups excluding carboxylic acids is 1. The third-order valence-corrected chi connectivity index (χ3v) is 5.10. The second-order valence-corrected chi connectivity index (χ2v) is 6.60. The van der Waals surface area contributed by atoms with Crippen LogP contribution in [0.5, 0.6) is 0 Å². The minimum absolute atomic E-state index is 0.101. The number of rotatable bonds is 5. The predicted octanol–water partition coefficient (Wildman–Crippen LogP) is 2.87. The van der Waals surface area contributed by atoms with Crippen LogP contribution < -0.4 is 16.0 Å². The SMILES string of the molecule is CCC(CC)NC(=O)C(C)N1CCSc2ccc(N)cc21. The molecule has 1 aliphatic rings. The zero-order valence-electron chi connectivity index (χ0n) is 13.1. The fraction of sp³-hybridized carbons (Fsp3) is 0.562. The molecule has 21 heavy (non-hydrogen) atoms. The number of nitrogen functional groups attached to an aromatic ring is 1. The maximum atomic E-state index is 12.5. The van der Waals surface area contributed by atoms with Crippen LogP contribution >= 0.6 is 11.8 Å². The normalized spacial score (nSPS) is 15.7. The van der Waals surface area contributed by atoms with Crippen molar-refractivity contribution in [3.8, 4) is 0 Å². The van der Waals surface area contributed by atoms with E-state index in [1.54, 1.807) is 0 Å². The van der Waals surface area contributed by atoms with E-state index >= 15 is 0 Å². The number of nitrogens with zero attached hydrogens (tertiary/aromatic N) is 1. The highest BCUT2D eigenvalue weighted by Crippen LogP contribution is 2.37. The summed E-state index contributed by atoms with van der Waals surface area (Å²) in [5.41, 5.74) is 7.73. The Kier molecular flexibility index (Phi) is 5.39. The van der Waals surface area contributed by atoms with Crippen LogP contribution in [0.1, 0.15) is 33.6 Å². The standard InChI is InChI=1S/C16H25N3OS/c1-4-13(5-2)18-16(20)11(3)19-8-9-21-15-7-6-12(17)10-14(15)19/h6-7,10-11,13H,4-5,8-9,17H2,1-3H3,(H,18,20). The molecule has 1 atom stereocenters. The summed E-state index contributed by atoms with van der Waals surface area (Å²) in [6.07, 6.45) is 1.93. The number of fused-ring (bicyclic) bond motifs is 1. The van der Waals surface area contributed by atoms with Gasteiger partial charge in [-0.15, -0.1) is 11.8 Å². The van der Waals surface area contributed by atoms with E-state index in [9.17, 15) is 4.79 Å².